The molecule has 0 spiro atoms. The molecule has 0 aromatic rings. The smallest absolute Gasteiger partial charge is 0.00869 e. The van der Waals surface area contributed by atoms with Crippen molar-refractivity contribution < 1.29 is 0 Å². The predicted octanol–water partition coefficient (Wildman–Crippen LogP) is 5.37. The first-order valence-corrected chi connectivity index (χ1v) is 7.17. The zero-order valence-electron chi connectivity index (χ0n) is 12.0. The highest BCUT2D eigenvalue weighted by atomic mass is 14.4. The molecule has 0 aromatic heterocycles. The van der Waals surface area contributed by atoms with E-state index in [1.54, 1.807) is 11.1 Å². The van der Waals surface area contributed by atoms with Gasteiger partial charge in [-0.25, -0.2) is 0 Å². The SMILES string of the molecule is CC.CC1=CCC2=C(C=C1)C1C=CC(C)=CC1C2. The first-order valence-electron chi connectivity index (χ1n) is 7.17. The minimum atomic E-state index is 0.647. The Bertz CT molecular complexity index is 466. The third-order valence-corrected chi connectivity index (χ3v) is 3.95. The van der Waals surface area contributed by atoms with Crippen molar-refractivity contribution in [2.24, 2.45) is 11.8 Å². The number of hydrogen-bond donors (Lipinski definition) is 0. The molecule has 0 amide bonds. The fraction of sp³-hybridized carbons (Fsp3) is 0.444. The van der Waals surface area contributed by atoms with E-state index in [0.29, 0.717) is 5.92 Å². The van der Waals surface area contributed by atoms with Crippen LogP contribution in [0.2, 0.25) is 0 Å². The topological polar surface area (TPSA) is 0 Å². The molecule has 0 bridgehead atoms. The van der Waals surface area contributed by atoms with E-state index in [0.717, 1.165) is 12.3 Å². The average molecular weight is 240 g/mol. The summed E-state index contributed by atoms with van der Waals surface area (Å²) in [6.07, 6.45) is 16.5. The van der Waals surface area contributed by atoms with Crippen molar-refractivity contribution in [3.05, 3.63) is 58.7 Å². The average Bonchev–Trinajstić information content (AvgIpc) is 2.62. The lowest BCUT2D eigenvalue weighted by molar-refractivity contribution is 0.574. The van der Waals surface area contributed by atoms with Crippen LogP contribution in [0.4, 0.5) is 0 Å². The Labute approximate surface area is 111 Å². The summed E-state index contributed by atoms with van der Waals surface area (Å²) in [5.41, 5.74) is 6.06. The lowest BCUT2D eigenvalue weighted by Crippen LogP contribution is -2.09. The van der Waals surface area contributed by atoms with Crippen molar-refractivity contribution in [3.63, 3.8) is 0 Å². The summed E-state index contributed by atoms with van der Waals surface area (Å²) in [6, 6.07) is 0. The Balaban J connectivity index is 0.000000574. The molecule has 0 aliphatic heterocycles. The molecule has 3 aliphatic carbocycles. The molecule has 0 aromatic carbocycles. The van der Waals surface area contributed by atoms with E-state index < -0.39 is 0 Å². The van der Waals surface area contributed by atoms with Crippen LogP contribution >= 0.6 is 0 Å². The Hall–Kier alpha value is -1.30. The number of allylic oxidation sites excluding steroid dienone is 10. The second kappa shape index (κ2) is 5.56. The number of hydrogen-bond acceptors (Lipinski definition) is 0. The molecule has 0 N–H and O–H groups in total. The Kier molecular flexibility index (Phi) is 4.06. The van der Waals surface area contributed by atoms with Crippen LogP contribution in [0.1, 0.15) is 40.5 Å². The summed E-state index contributed by atoms with van der Waals surface area (Å²) in [7, 11) is 0. The first kappa shape index (κ1) is 13.1. The van der Waals surface area contributed by atoms with Gasteiger partial charge >= 0.3 is 0 Å². The first-order chi connectivity index (χ1) is 8.74. The highest BCUT2D eigenvalue weighted by Crippen LogP contribution is 2.44. The molecular weight excluding hydrogens is 216 g/mol. The van der Waals surface area contributed by atoms with Crippen LogP contribution in [0.15, 0.2) is 58.7 Å². The summed E-state index contributed by atoms with van der Waals surface area (Å²) in [5.74, 6) is 1.38. The van der Waals surface area contributed by atoms with Gasteiger partial charge in [-0.1, -0.05) is 67.0 Å². The largest absolute Gasteiger partial charge is 0.0775 e. The third-order valence-electron chi connectivity index (χ3n) is 3.95. The van der Waals surface area contributed by atoms with Gasteiger partial charge in [-0.15, -0.1) is 0 Å². The summed E-state index contributed by atoms with van der Waals surface area (Å²) < 4.78 is 0. The van der Waals surface area contributed by atoms with Crippen LogP contribution in [0.3, 0.4) is 0 Å². The second-order valence-electron chi connectivity index (χ2n) is 5.21. The van der Waals surface area contributed by atoms with Crippen LogP contribution in [0.25, 0.3) is 0 Å². The summed E-state index contributed by atoms with van der Waals surface area (Å²) in [5, 5.41) is 0. The molecule has 0 radical (unpaired) electrons. The van der Waals surface area contributed by atoms with Gasteiger partial charge in [0.2, 0.25) is 0 Å². The van der Waals surface area contributed by atoms with E-state index >= 15 is 0 Å². The van der Waals surface area contributed by atoms with E-state index in [-0.39, 0.29) is 0 Å². The van der Waals surface area contributed by atoms with Gasteiger partial charge in [-0.3, -0.25) is 0 Å². The second-order valence-corrected chi connectivity index (χ2v) is 5.21. The van der Waals surface area contributed by atoms with Crippen molar-refractivity contribution >= 4 is 0 Å². The van der Waals surface area contributed by atoms with Crippen LogP contribution < -0.4 is 0 Å². The van der Waals surface area contributed by atoms with Crippen LogP contribution in [0.5, 0.6) is 0 Å². The van der Waals surface area contributed by atoms with Crippen LogP contribution in [-0.2, 0) is 0 Å². The van der Waals surface area contributed by atoms with Crippen molar-refractivity contribution in [3.8, 4) is 0 Å². The lowest BCUT2D eigenvalue weighted by Gasteiger charge is -2.19. The molecular formula is C18H24. The van der Waals surface area contributed by atoms with Gasteiger partial charge in [0.25, 0.3) is 0 Å². The molecule has 0 saturated carbocycles. The van der Waals surface area contributed by atoms with Gasteiger partial charge in [0.15, 0.2) is 0 Å². The Morgan fingerprint density at radius 1 is 1.00 bits per heavy atom. The van der Waals surface area contributed by atoms with Gasteiger partial charge in [-0.05, 0) is 38.2 Å². The maximum Gasteiger partial charge on any atom is 0.00869 e. The zero-order chi connectivity index (χ0) is 13.1. The van der Waals surface area contributed by atoms with Crippen LogP contribution in [-0.4, -0.2) is 0 Å². The van der Waals surface area contributed by atoms with Crippen molar-refractivity contribution in [1.29, 1.82) is 0 Å². The fourth-order valence-electron chi connectivity index (χ4n) is 3.06. The third kappa shape index (κ3) is 2.43. The van der Waals surface area contributed by atoms with E-state index in [1.807, 2.05) is 13.8 Å². The summed E-state index contributed by atoms with van der Waals surface area (Å²) in [4.78, 5) is 0. The molecule has 0 saturated heterocycles. The Morgan fingerprint density at radius 3 is 2.56 bits per heavy atom. The summed E-state index contributed by atoms with van der Waals surface area (Å²) >= 11 is 0. The van der Waals surface area contributed by atoms with Crippen molar-refractivity contribution in [2.45, 2.75) is 40.5 Å². The zero-order valence-corrected chi connectivity index (χ0v) is 12.0. The lowest BCUT2D eigenvalue weighted by atomic mass is 9.85. The monoisotopic (exact) mass is 240 g/mol. The van der Waals surface area contributed by atoms with E-state index in [4.69, 9.17) is 0 Å². The van der Waals surface area contributed by atoms with Gasteiger partial charge in [0.1, 0.15) is 0 Å². The fourth-order valence-corrected chi connectivity index (χ4v) is 3.06. The highest BCUT2D eigenvalue weighted by Gasteiger charge is 2.31. The predicted molar refractivity (Wildman–Crippen MR) is 80.4 cm³/mol. The molecule has 3 aliphatic rings. The van der Waals surface area contributed by atoms with Crippen molar-refractivity contribution in [1.82, 2.24) is 0 Å². The molecule has 0 heteroatoms. The highest BCUT2D eigenvalue weighted by molar-refractivity contribution is 5.46. The Morgan fingerprint density at radius 2 is 1.78 bits per heavy atom. The maximum atomic E-state index is 2.45. The summed E-state index contributed by atoms with van der Waals surface area (Å²) in [6.45, 7) is 8.40. The molecule has 18 heavy (non-hydrogen) atoms. The van der Waals surface area contributed by atoms with Crippen LogP contribution in [0, 0.1) is 11.8 Å². The molecule has 3 rings (SSSR count). The van der Waals surface area contributed by atoms with Gasteiger partial charge in [0, 0.05) is 5.92 Å². The molecule has 0 fully saturated rings. The molecule has 2 atom stereocenters. The molecule has 2 unspecified atom stereocenters. The van der Waals surface area contributed by atoms with E-state index in [9.17, 15) is 0 Å². The quantitative estimate of drug-likeness (QED) is 0.534. The van der Waals surface area contributed by atoms with E-state index in [1.165, 1.54) is 17.6 Å². The molecule has 0 nitrogen and oxygen atoms in total. The van der Waals surface area contributed by atoms with Gasteiger partial charge in [0.05, 0.1) is 0 Å². The van der Waals surface area contributed by atoms with E-state index in [2.05, 4.69) is 50.3 Å². The normalized spacial score (nSPS) is 28.7. The molecule has 96 valence electrons. The molecule has 0 heterocycles. The maximum absolute atomic E-state index is 2.45. The minimum absolute atomic E-state index is 0.647. The minimum Gasteiger partial charge on any atom is -0.0775 e. The number of rotatable bonds is 0. The van der Waals surface area contributed by atoms with Crippen molar-refractivity contribution in [2.75, 3.05) is 0 Å². The van der Waals surface area contributed by atoms with Gasteiger partial charge in [-0.2, -0.15) is 0 Å². The number of fused-ring (bicyclic) bond motifs is 2. The standard InChI is InChI=1S/C16H18.C2H6/c1-11-3-6-13-10-14-9-12(2)5-8-16(14)15(13)7-4-11;1-2/h3-5,7-9,14,16H,6,10H2,1-2H3;1-2H3. The van der Waals surface area contributed by atoms with Gasteiger partial charge < -0.3 is 0 Å².